The number of hydrogen-bond donors (Lipinski definition) is 0. The summed E-state index contributed by atoms with van der Waals surface area (Å²) in [6.45, 7) is 4.34. The predicted octanol–water partition coefficient (Wildman–Crippen LogP) is 4.04. The van der Waals surface area contributed by atoms with Gasteiger partial charge in [0.05, 0.1) is 25.4 Å². The second-order valence-corrected chi connectivity index (χ2v) is 5.97. The number of ether oxygens (including phenoxy) is 2. The van der Waals surface area contributed by atoms with Crippen molar-refractivity contribution in [2.45, 2.75) is 44.9 Å². The monoisotopic (exact) mass is 286 g/mol. The molecule has 4 nitrogen and oxygen atoms in total. The summed E-state index contributed by atoms with van der Waals surface area (Å²) in [7, 11) is 3.31. The minimum absolute atomic E-state index is 0.354. The highest BCUT2D eigenvalue weighted by Crippen LogP contribution is 2.38. The highest BCUT2D eigenvalue weighted by molar-refractivity contribution is 5.85. The van der Waals surface area contributed by atoms with Crippen LogP contribution in [0, 0.1) is 0 Å². The highest BCUT2D eigenvalue weighted by Gasteiger charge is 2.24. The van der Waals surface area contributed by atoms with Gasteiger partial charge in [0, 0.05) is 17.4 Å². The van der Waals surface area contributed by atoms with Crippen molar-refractivity contribution >= 4 is 10.9 Å². The molecule has 4 heteroatoms. The van der Waals surface area contributed by atoms with Crippen molar-refractivity contribution in [1.82, 2.24) is 9.97 Å². The molecule has 1 heterocycles. The fourth-order valence-electron chi connectivity index (χ4n) is 2.79. The number of rotatable bonds is 4. The van der Waals surface area contributed by atoms with Crippen LogP contribution in [-0.2, 0) is 0 Å². The lowest BCUT2D eigenvalue weighted by atomic mass is 9.84. The van der Waals surface area contributed by atoms with Crippen LogP contribution in [0.1, 0.15) is 56.5 Å². The summed E-state index contributed by atoms with van der Waals surface area (Å²) in [6, 6.07) is 3.96. The smallest absolute Gasteiger partial charge is 0.162 e. The highest BCUT2D eigenvalue weighted by atomic mass is 16.5. The largest absolute Gasteiger partial charge is 0.493 e. The Morgan fingerprint density at radius 2 is 1.71 bits per heavy atom. The van der Waals surface area contributed by atoms with Crippen molar-refractivity contribution in [3.05, 3.63) is 23.7 Å². The molecule has 0 N–H and O–H groups in total. The SMILES string of the molecule is COc1cc2nc(C3CCC3)nc(C(C)C)c2cc1OC. The summed E-state index contributed by atoms with van der Waals surface area (Å²) >= 11 is 0. The number of hydrogen-bond acceptors (Lipinski definition) is 4. The van der Waals surface area contributed by atoms with Crippen LogP contribution in [0.4, 0.5) is 0 Å². The summed E-state index contributed by atoms with van der Waals surface area (Å²) in [4.78, 5) is 9.62. The van der Waals surface area contributed by atoms with Gasteiger partial charge in [-0.15, -0.1) is 0 Å². The van der Waals surface area contributed by atoms with Gasteiger partial charge in [0.25, 0.3) is 0 Å². The van der Waals surface area contributed by atoms with E-state index < -0.39 is 0 Å². The number of aromatic nitrogens is 2. The lowest BCUT2D eigenvalue weighted by Crippen LogP contribution is -2.14. The van der Waals surface area contributed by atoms with E-state index in [9.17, 15) is 0 Å². The van der Waals surface area contributed by atoms with Gasteiger partial charge in [-0.2, -0.15) is 0 Å². The van der Waals surface area contributed by atoms with Gasteiger partial charge >= 0.3 is 0 Å². The van der Waals surface area contributed by atoms with Crippen LogP contribution in [0.25, 0.3) is 10.9 Å². The molecule has 21 heavy (non-hydrogen) atoms. The Morgan fingerprint density at radius 1 is 1.05 bits per heavy atom. The van der Waals surface area contributed by atoms with Crippen LogP contribution in [0.5, 0.6) is 11.5 Å². The molecule has 2 aromatic rings. The van der Waals surface area contributed by atoms with Crippen molar-refractivity contribution in [1.29, 1.82) is 0 Å². The molecule has 0 unspecified atom stereocenters. The fraction of sp³-hybridized carbons (Fsp3) is 0.529. The third-order valence-electron chi connectivity index (χ3n) is 4.27. The molecule has 3 rings (SSSR count). The van der Waals surface area contributed by atoms with Gasteiger partial charge in [0.2, 0.25) is 0 Å². The average Bonchev–Trinajstić information content (AvgIpc) is 2.42. The van der Waals surface area contributed by atoms with E-state index in [-0.39, 0.29) is 0 Å². The van der Waals surface area contributed by atoms with Crippen molar-refractivity contribution in [3.63, 3.8) is 0 Å². The molecule has 0 atom stereocenters. The summed E-state index contributed by atoms with van der Waals surface area (Å²) in [5.74, 6) is 3.32. The van der Waals surface area contributed by atoms with E-state index in [1.807, 2.05) is 12.1 Å². The van der Waals surface area contributed by atoms with Gasteiger partial charge < -0.3 is 9.47 Å². The topological polar surface area (TPSA) is 44.2 Å². The molecule has 1 fully saturated rings. The molecular formula is C17H22N2O2. The molecule has 1 aromatic carbocycles. The first-order valence-electron chi connectivity index (χ1n) is 7.57. The first-order valence-corrected chi connectivity index (χ1v) is 7.57. The van der Waals surface area contributed by atoms with E-state index in [0.29, 0.717) is 11.8 Å². The van der Waals surface area contributed by atoms with Gasteiger partial charge in [-0.3, -0.25) is 0 Å². The third kappa shape index (κ3) is 2.43. The Labute approximate surface area is 125 Å². The summed E-state index contributed by atoms with van der Waals surface area (Å²) in [6.07, 6.45) is 3.70. The molecule has 0 amide bonds. The van der Waals surface area contributed by atoms with E-state index in [1.54, 1.807) is 14.2 Å². The number of methoxy groups -OCH3 is 2. The molecule has 0 aliphatic heterocycles. The first-order chi connectivity index (χ1) is 10.1. The maximum absolute atomic E-state index is 5.41. The zero-order valence-electron chi connectivity index (χ0n) is 13.1. The maximum atomic E-state index is 5.41. The second-order valence-electron chi connectivity index (χ2n) is 5.97. The lowest BCUT2D eigenvalue weighted by molar-refractivity contribution is 0.355. The summed E-state index contributed by atoms with van der Waals surface area (Å²) in [5.41, 5.74) is 2.05. The summed E-state index contributed by atoms with van der Waals surface area (Å²) in [5, 5.41) is 1.06. The molecule has 1 aromatic heterocycles. The van der Waals surface area contributed by atoms with Crippen LogP contribution in [-0.4, -0.2) is 24.2 Å². The van der Waals surface area contributed by atoms with Crippen molar-refractivity contribution in [2.75, 3.05) is 14.2 Å². The quantitative estimate of drug-likeness (QED) is 0.851. The van der Waals surface area contributed by atoms with E-state index in [4.69, 9.17) is 19.4 Å². The molecule has 1 aliphatic carbocycles. The maximum Gasteiger partial charge on any atom is 0.162 e. The lowest BCUT2D eigenvalue weighted by Gasteiger charge is -2.25. The Hall–Kier alpha value is -1.84. The minimum Gasteiger partial charge on any atom is -0.493 e. The van der Waals surface area contributed by atoms with Crippen LogP contribution in [0.3, 0.4) is 0 Å². The van der Waals surface area contributed by atoms with E-state index in [0.717, 1.165) is 33.9 Å². The van der Waals surface area contributed by atoms with Crippen LogP contribution in [0.2, 0.25) is 0 Å². The van der Waals surface area contributed by atoms with Crippen LogP contribution >= 0.6 is 0 Å². The van der Waals surface area contributed by atoms with E-state index in [1.165, 1.54) is 19.3 Å². The molecule has 0 radical (unpaired) electrons. The normalized spacial score (nSPS) is 15.3. The van der Waals surface area contributed by atoms with Gasteiger partial charge in [0.1, 0.15) is 5.82 Å². The Kier molecular flexibility index (Phi) is 3.70. The first kappa shape index (κ1) is 14.1. The molecule has 0 saturated heterocycles. The molecule has 0 spiro atoms. The fourth-order valence-corrected chi connectivity index (χ4v) is 2.79. The summed E-state index contributed by atoms with van der Waals surface area (Å²) < 4.78 is 10.8. The zero-order valence-corrected chi connectivity index (χ0v) is 13.1. The van der Waals surface area contributed by atoms with E-state index >= 15 is 0 Å². The Bertz CT molecular complexity index is 663. The Balaban J connectivity index is 2.22. The van der Waals surface area contributed by atoms with Gasteiger partial charge in [-0.25, -0.2) is 9.97 Å². The molecule has 1 saturated carbocycles. The minimum atomic E-state index is 0.354. The van der Waals surface area contributed by atoms with Crippen LogP contribution < -0.4 is 9.47 Å². The molecule has 0 bridgehead atoms. The number of nitrogens with zero attached hydrogens (tertiary/aromatic N) is 2. The predicted molar refractivity (Wildman–Crippen MR) is 83.3 cm³/mol. The molecular weight excluding hydrogens is 264 g/mol. The average molecular weight is 286 g/mol. The second kappa shape index (κ2) is 5.51. The Morgan fingerprint density at radius 3 is 2.24 bits per heavy atom. The van der Waals surface area contributed by atoms with Crippen molar-refractivity contribution in [3.8, 4) is 11.5 Å². The zero-order chi connectivity index (χ0) is 15.0. The molecule has 112 valence electrons. The van der Waals surface area contributed by atoms with Gasteiger partial charge in [0.15, 0.2) is 11.5 Å². The van der Waals surface area contributed by atoms with Crippen molar-refractivity contribution in [2.24, 2.45) is 0 Å². The standard InChI is InChI=1S/C17H22N2O2/c1-10(2)16-12-8-14(20-3)15(21-4)9-13(12)18-17(19-16)11-6-5-7-11/h8-11H,5-7H2,1-4H3. The molecule has 1 aliphatic rings. The van der Waals surface area contributed by atoms with Crippen molar-refractivity contribution < 1.29 is 9.47 Å². The van der Waals surface area contributed by atoms with Crippen LogP contribution in [0.15, 0.2) is 12.1 Å². The van der Waals surface area contributed by atoms with E-state index in [2.05, 4.69) is 13.8 Å². The number of benzene rings is 1. The number of fused-ring (bicyclic) bond motifs is 1. The third-order valence-corrected chi connectivity index (χ3v) is 4.27. The van der Waals surface area contributed by atoms with Gasteiger partial charge in [-0.05, 0) is 24.8 Å². The van der Waals surface area contributed by atoms with Gasteiger partial charge in [-0.1, -0.05) is 20.3 Å².